The predicted molar refractivity (Wildman–Crippen MR) is 110 cm³/mol. The van der Waals surface area contributed by atoms with Crippen LogP contribution in [0.2, 0.25) is 0 Å². The molecule has 0 aliphatic carbocycles. The van der Waals surface area contributed by atoms with Gasteiger partial charge in [0, 0.05) is 34.5 Å². The molecule has 3 heterocycles. The van der Waals surface area contributed by atoms with Gasteiger partial charge in [0.15, 0.2) is 0 Å². The Labute approximate surface area is 167 Å². The highest BCUT2D eigenvalue weighted by Gasteiger charge is 2.26. The molecule has 2 N–H and O–H groups in total. The molecule has 1 aliphatic rings. The van der Waals surface area contributed by atoms with E-state index < -0.39 is 6.09 Å². The van der Waals surface area contributed by atoms with E-state index in [1.807, 2.05) is 24.3 Å². The smallest absolute Gasteiger partial charge is 0.404 e. The minimum atomic E-state index is -1.02. The first-order valence-electron chi connectivity index (χ1n) is 9.47. The third-order valence-corrected chi connectivity index (χ3v) is 6.33. The molecule has 0 fully saturated rings. The molecule has 28 heavy (non-hydrogen) atoms. The van der Waals surface area contributed by atoms with Crippen LogP contribution in [0.25, 0.3) is 22.3 Å². The van der Waals surface area contributed by atoms with Crippen LogP contribution in [0, 0.1) is 0 Å². The van der Waals surface area contributed by atoms with Crippen molar-refractivity contribution in [1.82, 2.24) is 25.0 Å². The molecular weight excluding hydrogens is 374 g/mol. The van der Waals surface area contributed by atoms with Crippen LogP contribution in [-0.2, 0) is 13.1 Å². The molecule has 7 nitrogen and oxygen atoms in total. The Kier molecular flexibility index (Phi) is 5.23. The first-order valence-corrected chi connectivity index (χ1v) is 10.3. The zero-order chi connectivity index (χ0) is 19.7. The molecule has 0 bridgehead atoms. The summed E-state index contributed by atoms with van der Waals surface area (Å²) in [5.74, 6) is 0. The van der Waals surface area contributed by atoms with Crippen molar-refractivity contribution in [2.75, 3.05) is 19.6 Å². The van der Waals surface area contributed by atoms with Gasteiger partial charge in [-0.2, -0.15) is 5.10 Å². The third-order valence-electron chi connectivity index (χ3n) is 5.11. The molecule has 0 spiro atoms. The van der Waals surface area contributed by atoms with Crippen molar-refractivity contribution in [2.45, 2.75) is 36.7 Å². The minimum absolute atomic E-state index is 0.271. The van der Waals surface area contributed by atoms with Gasteiger partial charge < -0.3 is 15.3 Å². The zero-order valence-electron chi connectivity index (χ0n) is 16.0. The van der Waals surface area contributed by atoms with Crippen molar-refractivity contribution in [3.05, 3.63) is 36.0 Å². The minimum Gasteiger partial charge on any atom is -0.465 e. The number of aromatic nitrogens is 3. The number of pyridine rings is 1. The van der Waals surface area contributed by atoms with Crippen LogP contribution in [-0.4, -0.2) is 50.5 Å². The molecule has 4 rings (SSSR count). The SMILES string of the molecule is CCN(CC)CCn1nc2c3c(c(CNC(=O)O)ccc31)Sc1cccnc1-2. The lowest BCUT2D eigenvalue weighted by Crippen LogP contribution is -2.27. The van der Waals surface area contributed by atoms with Crippen LogP contribution in [0.3, 0.4) is 0 Å². The van der Waals surface area contributed by atoms with Gasteiger partial charge in [0.2, 0.25) is 0 Å². The lowest BCUT2D eigenvalue weighted by Gasteiger charge is -2.18. The fraction of sp³-hybridized carbons (Fsp3) is 0.350. The molecule has 1 aromatic carbocycles. The number of nitrogens with zero attached hydrogens (tertiary/aromatic N) is 4. The summed E-state index contributed by atoms with van der Waals surface area (Å²) in [5, 5.41) is 17.5. The molecule has 3 aromatic rings. The normalized spacial score (nSPS) is 12.4. The standard InChI is InChI=1S/C20H23N5O2S/c1-3-24(4-2)10-11-25-14-8-7-13(12-22-20(26)27)19-16(14)18(23-25)17-15(28-19)6-5-9-21-17/h5-9,22H,3-4,10-12H2,1-2H3,(H,26,27). The second-order valence-corrected chi connectivity index (χ2v) is 7.71. The van der Waals surface area contributed by atoms with Gasteiger partial charge >= 0.3 is 6.09 Å². The molecule has 1 aliphatic heterocycles. The zero-order valence-corrected chi connectivity index (χ0v) is 16.8. The maximum atomic E-state index is 11.0. The summed E-state index contributed by atoms with van der Waals surface area (Å²) in [6.07, 6.45) is 0.770. The summed E-state index contributed by atoms with van der Waals surface area (Å²) in [6.45, 7) is 8.37. The van der Waals surface area contributed by atoms with E-state index in [0.29, 0.717) is 0 Å². The molecule has 0 unspecified atom stereocenters. The number of fused-ring (bicyclic) bond motifs is 2. The second kappa shape index (κ2) is 7.81. The molecule has 2 aromatic heterocycles. The van der Waals surface area contributed by atoms with Gasteiger partial charge in [-0.25, -0.2) is 4.79 Å². The lowest BCUT2D eigenvalue weighted by atomic mass is 10.1. The topological polar surface area (TPSA) is 83.3 Å². The van der Waals surface area contributed by atoms with Crippen LogP contribution in [0.15, 0.2) is 40.3 Å². The number of carboxylic acid groups (broad SMARTS) is 1. The highest BCUT2D eigenvalue weighted by atomic mass is 32.2. The van der Waals surface area contributed by atoms with E-state index in [9.17, 15) is 4.79 Å². The fourth-order valence-corrected chi connectivity index (χ4v) is 4.77. The maximum Gasteiger partial charge on any atom is 0.404 e. The summed E-state index contributed by atoms with van der Waals surface area (Å²) in [6, 6.07) is 8.01. The Morgan fingerprint density at radius 3 is 2.82 bits per heavy atom. The average Bonchev–Trinajstić information content (AvgIpc) is 3.08. The van der Waals surface area contributed by atoms with Crippen LogP contribution < -0.4 is 5.32 Å². The summed E-state index contributed by atoms with van der Waals surface area (Å²) < 4.78 is 2.06. The first kappa shape index (κ1) is 18.8. The van der Waals surface area contributed by atoms with Gasteiger partial charge in [-0.3, -0.25) is 9.67 Å². The monoisotopic (exact) mass is 397 g/mol. The van der Waals surface area contributed by atoms with Crippen molar-refractivity contribution in [1.29, 1.82) is 0 Å². The first-order chi connectivity index (χ1) is 13.6. The lowest BCUT2D eigenvalue weighted by molar-refractivity contribution is 0.194. The summed E-state index contributed by atoms with van der Waals surface area (Å²) in [5.41, 5.74) is 3.81. The van der Waals surface area contributed by atoms with Crippen molar-refractivity contribution in [3.8, 4) is 11.4 Å². The number of amides is 1. The molecule has 0 saturated heterocycles. The summed E-state index contributed by atoms with van der Waals surface area (Å²) >= 11 is 1.64. The van der Waals surface area contributed by atoms with Crippen LogP contribution in [0.4, 0.5) is 4.79 Å². The van der Waals surface area contributed by atoms with Crippen LogP contribution in [0.5, 0.6) is 0 Å². The van der Waals surface area contributed by atoms with Crippen molar-refractivity contribution >= 4 is 28.8 Å². The van der Waals surface area contributed by atoms with Crippen LogP contribution in [0.1, 0.15) is 19.4 Å². The second-order valence-electron chi connectivity index (χ2n) is 6.66. The number of carbonyl (C=O) groups is 1. The largest absolute Gasteiger partial charge is 0.465 e. The van der Waals surface area contributed by atoms with Crippen molar-refractivity contribution in [3.63, 3.8) is 0 Å². The van der Waals surface area contributed by atoms with Gasteiger partial charge in [-0.15, -0.1) is 0 Å². The maximum absolute atomic E-state index is 11.0. The molecule has 0 saturated carbocycles. The van der Waals surface area contributed by atoms with E-state index in [1.165, 1.54) is 0 Å². The van der Waals surface area contributed by atoms with Crippen LogP contribution >= 0.6 is 11.8 Å². The number of nitrogens with one attached hydrogen (secondary N) is 1. The predicted octanol–water partition coefficient (Wildman–Crippen LogP) is 3.67. The Bertz CT molecular complexity index is 1030. The summed E-state index contributed by atoms with van der Waals surface area (Å²) in [4.78, 5) is 20.0. The molecule has 0 radical (unpaired) electrons. The number of likely N-dealkylation sites (N-methyl/N-ethyl adjacent to an activating group) is 1. The molecule has 1 amide bonds. The molecule has 146 valence electrons. The van der Waals surface area contributed by atoms with Gasteiger partial charge in [-0.1, -0.05) is 31.7 Å². The van der Waals surface area contributed by atoms with Gasteiger partial charge in [0.25, 0.3) is 0 Å². The van der Waals surface area contributed by atoms with Crippen molar-refractivity contribution < 1.29 is 9.90 Å². The number of hydrogen-bond acceptors (Lipinski definition) is 5. The Balaban J connectivity index is 1.81. The van der Waals surface area contributed by atoms with E-state index >= 15 is 0 Å². The van der Waals surface area contributed by atoms with Crippen molar-refractivity contribution in [2.24, 2.45) is 0 Å². The average molecular weight is 398 g/mol. The van der Waals surface area contributed by atoms with E-state index in [2.05, 4.69) is 33.7 Å². The molecular formula is C20H23N5O2S. The number of benzene rings is 1. The van der Waals surface area contributed by atoms with E-state index in [0.717, 1.165) is 63.8 Å². The Morgan fingerprint density at radius 2 is 2.07 bits per heavy atom. The quantitative estimate of drug-likeness (QED) is 0.495. The number of rotatable bonds is 7. The summed E-state index contributed by atoms with van der Waals surface area (Å²) in [7, 11) is 0. The Hall–Kier alpha value is -2.58. The van der Waals surface area contributed by atoms with Gasteiger partial charge in [0.05, 0.1) is 12.1 Å². The molecule has 0 atom stereocenters. The fourth-order valence-electron chi connectivity index (χ4n) is 3.58. The van der Waals surface area contributed by atoms with Gasteiger partial charge in [-0.05, 0) is 36.9 Å². The van der Waals surface area contributed by atoms with E-state index in [1.54, 1.807) is 18.0 Å². The van der Waals surface area contributed by atoms with Gasteiger partial charge in [0.1, 0.15) is 11.4 Å². The highest BCUT2D eigenvalue weighted by Crippen LogP contribution is 2.47. The Morgan fingerprint density at radius 1 is 1.25 bits per heavy atom. The number of hydrogen-bond donors (Lipinski definition) is 2. The highest BCUT2D eigenvalue weighted by molar-refractivity contribution is 7.99. The van der Waals surface area contributed by atoms with E-state index in [4.69, 9.17) is 10.2 Å². The van der Waals surface area contributed by atoms with E-state index in [-0.39, 0.29) is 6.54 Å². The molecule has 8 heteroatoms. The third kappa shape index (κ3) is 3.33.